The predicted molar refractivity (Wildman–Crippen MR) is 135 cm³/mol. The third-order valence-electron chi connectivity index (χ3n) is 5.52. The van der Waals surface area contributed by atoms with Crippen molar-refractivity contribution in [1.29, 1.82) is 0 Å². The standard InChI is InChI=1S/C27H32ClN3O4/c1-17(2)33-23-11-10-20(14-22(23)28)26-29-25(30-35-26)19-8-9-21-15-31(12-6-7-18(21)13-19)16-24(32)34-27(3,4)5/h8-11,13-14,17H,6-7,12,15-16H2,1-5H3. The van der Waals surface area contributed by atoms with Crippen molar-refractivity contribution in [2.24, 2.45) is 0 Å². The summed E-state index contributed by atoms with van der Waals surface area (Å²) >= 11 is 6.37. The highest BCUT2D eigenvalue weighted by Gasteiger charge is 2.22. The molecule has 0 N–H and O–H groups in total. The number of benzene rings is 2. The highest BCUT2D eigenvalue weighted by Crippen LogP contribution is 2.32. The Bertz CT molecular complexity index is 1200. The van der Waals surface area contributed by atoms with Gasteiger partial charge in [0.2, 0.25) is 5.82 Å². The van der Waals surface area contributed by atoms with Gasteiger partial charge < -0.3 is 14.0 Å². The second kappa shape index (κ2) is 10.4. The number of aromatic nitrogens is 2. The molecule has 2 aromatic carbocycles. The normalized spacial score (nSPS) is 14.5. The number of carbonyl (C=O) groups is 1. The zero-order valence-corrected chi connectivity index (χ0v) is 21.7. The van der Waals surface area contributed by atoms with Crippen LogP contribution >= 0.6 is 11.6 Å². The molecule has 0 fully saturated rings. The van der Waals surface area contributed by atoms with Gasteiger partial charge in [-0.15, -0.1) is 0 Å². The maximum absolute atomic E-state index is 12.3. The molecular weight excluding hydrogens is 466 g/mol. The Balaban J connectivity index is 1.48. The molecule has 0 unspecified atom stereocenters. The highest BCUT2D eigenvalue weighted by molar-refractivity contribution is 6.32. The number of rotatable bonds is 6. The Hall–Kier alpha value is -2.90. The van der Waals surface area contributed by atoms with E-state index in [1.807, 2.05) is 52.8 Å². The Morgan fingerprint density at radius 3 is 2.63 bits per heavy atom. The molecule has 2 heterocycles. The van der Waals surface area contributed by atoms with Crippen LogP contribution in [0, 0.1) is 0 Å². The second-order valence-electron chi connectivity index (χ2n) is 10.1. The molecule has 0 saturated carbocycles. The summed E-state index contributed by atoms with van der Waals surface area (Å²) in [6.45, 7) is 11.4. The van der Waals surface area contributed by atoms with Crippen LogP contribution in [-0.4, -0.2) is 45.8 Å². The van der Waals surface area contributed by atoms with Gasteiger partial charge in [0.1, 0.15) is 11.4 Å². The van der Waals surface area contributed by atoms with Crippen LogP contribution in [0.5, 0.6) is 5.75 Å². The first-order valence-electron chi connectivity index (χ1n) is 11.9. The lowest BCUT2D eigenvalue weighted by Crippen LogP contribution is -2.34. The first-order chi connectivity index (χ1) is 16.6. The second-order valence-corrected chi connectivity index (χ2v) is 10.5. The van der Waals surface area contributed by atoms with Gasteiger partial charge in [-0.3, -0.25) is 9.69 Å². The van der Waals surface area contributed by atoms with E-state index in [9.17, 15) is 4.79 Å². The highest BCUT2D eigenvalue weighted by atomic mass is 35.5. The van der Waals surface area contributed by atoms with Crippen LogP contribution in [0.3, 0.4) is 0 Å². The smallest absolute Gasteiger partial charge is 0.320 e. The van der Waals surface area contributed by atoms with Crippen molar-refractivity contribution in [3.8, 4) is 28.6 Å². The number of hydrogen-bond acceptors (Lipinski definition) is 7. The topological polar surface area (TPSA) is 77.7 Å². The minimum Gasteiger partial charge on any atom is -0.489 e. The van der Waals surface area contributed by atoms with Gasteiger partial charge >= 0.3 is 5.97 Å². The average molecular weight is 498 g/mol. The van der Waals surface area contributed by atoms with E-state index in [1.54, 1.807) is 6.07 Å². The molecule has 8 heteroatoms. The fraction of sp³-hybridized carbons (Fsp3) is 0.444. The van der Waals surface area contributed by atoms with E-state index in [-0.39, 0.29) is 18.6 Å². The number of halogens is 1. The van der Waals surface area contributed by atoms with Gasteiger partial charge in [-0.25, -0.2) is 0 Å². The van der Waals surface area contributed by atoms with Crippen molar-refractivity contribution in [2.75, 3.05) is 13.1 Å². The van der Waals surface area contributed by atoms with Gasteiger partial charge in [-0.05, 0) is 89.4 Å². The molecule has 1 aromatic heterocycles. The molecule has 0 spiro atoms. The molecule has 0 saturated heterocycles. The third-order valence-corrected chi connectivity index (χ3v) is 5.81. The predicted octanol–water partition coefficient (Wildman–Crippen LogP) is 5.93. The SMILES string of the molecule is CC(C)Oc1ccc(-c2nc(-c3ccc4c(c3)CCCN(CC(=O)OC(C)(C)C)C4)no2)cc1Cl. The van der Waals surface area contributed by atoms with E-state index < -0.39 is 5.60 Å². The van der Waals surface area contributed by atoms with Crippen LogP contribution in [-0.2, 0) is 22.5 Å². The van der Waals surface area contributed by atoms with E-state index >= 15 is 0 Å². The van der Waals surface area contributed by atoms with Gasteiger partial charge in [0, 0.05) is 17.7 Å². The molecule has 0 bridgehead atoms. The summed E-state index contributed by atoms with van der Waals surface area (Å²) in [4.78, 5) is 19.0. The number of aryl methyl sites for hydroxylation is 1. The molecule has 186 valence electrons. The lowest BCUT2D eigenvalue weighted by atomic mass is 10.0. The first-order valence-corrected chi connectivity index (χ1v) is 12.3. The molecule has 35 heavy (non-hydrogen) atoms. The van der Waals surface area contributed by atoms with Crippen LogP contribution in [0.15, 0.2) is 40.9 Å². The Morgan fingerprint density at radius 1 is 1.14 bits per heavy atom. The van der Waals surface area contributed by atoms with Crippen molar-refractivity contribution >= 4 is 17.6 Å². The monoisotopic (exact) mass is 497 g/mol. The summed E-state index contributed by atoms with van der Waals surface area (Å²) < 4.78 is 16.7. The Kier molecular flexibility index (Phi) is 7.47. The summed E-state index contributed by atoms with van der Waals surface area (Å²) in [6.07, 6.45) is 1.91. The Labute approximate surface area is 211 Å². The third kappa shape index (κ3) is 6.61. The molecule has 0 radical (unpaired) electrons. The summed E-state index contributed by atoms with van der Waals surface area (Å²) in [5, 5.41) is 4.69. The summed E-state index contributed by atoms with van der Waals surface area (Å²) in [6, 6.07) is 11.6. The molecule has 1 aliphatic rings. The molecule has 3 aromatic rings. The van der Waals surface area contributed by atoms with E-state index in [1.165, 1.54) is 11.1 Å². The van der Waals surface area contributed by atoms with Gasteiger partial charge in [-0.1, -0.05) is 28.9 Å². The van der Waals surface area contributed by atoms with Gasteiger partial charge in [0.25, 0.3) is 5.89 Å². The molecule has 7 nitrogen and oxygen atoms in total. The molecule has 0 amide bonds. The number of hydrogen-bond donors (Lipinski definition) is 0. The van der Waals surface area contributed by atoms with Gasteiger partial charge in [-0.2, -0.15) is 4.98 Å². The van der Waals surface area contributed by atoms with Gasteiger partial charge in [0.05, 0.1) is 17.7 Å². The zero-order valence-electron chi connectivity index (χ0n) is 20.9. The number of fused-ring (bicyclic) bond motifs is 1. The van der Waals surface area contributed by atoms with Crippen molar-refractivity contribution in [3.05, 3.63) is 52.5 Å². The van der Waals surface area contributed by atoms with Crippen LogP contribution < -0.4 is 4.74 Å². The van der Waals surface area contributed by atoms with E-state index in [4.69, 9.17) is 25.6 Å². The number of ether oxygens (including phenoxy) is 2. The van der Waals surface area contributed by atoms with Crippen LogP contribution in [0.1, 0.15) is 52.2 Å². The lowest BCUT2D eigenvalue weighted by Gasteiger charge is -2.24. The van der Waals surface area contributed by atoms with E-state index in [2.05, 4.69) is 27.2 Å². The minimum absolute atomic E-state index is 0.0333. The summed E-state index contributed by atoms with van der Waals surface area (Å²) in [5.74, 6) is 1.35. The molecule has 0 atom stereocenters. The number of esters is 1. The molecule has 0 aliphatic carbocycles. The minimum atomic E-state index is -0.478. The van der Waals surface area contributed by atoms with Crippen LogP contribution in [0.25, 0.3) is 22.8 Å². The molecule has 1 aliphatic heterocycles. The average Bonchev–Trinajstić information content (AvgIpc) is 3.16. The molecular formula is C27H32ClN3O4. The van der Waals surface area contributed by atoms with Crippen molar-refractivity contribution in [1.82, 2.24) is 15.0 Å². The summed E-state index contributed by atoms with van der Waals surface area (Å²) in [7, 11) is 0. The molecule has 4 rings (SSSR count). The lowest BCUT2D eigenvalue weighted by molar-refractivity contribution is -0.156. The van der Waals surface area contributed by atoms with Crippen molar-refractivity contribution in [2.45, 2.75) is 65.7 Å². The van der Waals surface area contributed by atoms with Crippen molar-refractivity contribution in [3.63, 3.8) is 0 Å². The fourth-order valence-corrected chi connectivity index (χ4v) is 4.32. The van der Waals surface area contributed by atoms with Crippen LogP contribution in [0.2, 0.25) is 5.02 Å². The zero-order chi connectivity index (χ0) is 25.2. The number of nitrogens with zero attached hydrogens (tertiary/aromatic N) is 3. The van der Waals surface area contributed by atoms with E-state index in [0.29, 0.717) is 29.0 Å². The van der Waals surface area contributed by atoms with Crippen molar-refractivity contribution < 1.29 is 18.8 Å². The maximum Gasteiger partial charge on any atom is 0.320 e. The van der Waals surface area contributed by atoms with E-state index in [0.717, 1.165) is 30.5 Å². The fourth-order valence-electron chi connectivity index (χ4n) is 4.10. The van der Waals surface area contributed by atoms with Crippen LogP contribution in [0.4, 0.5) is 0 Å². The van der Waals surface area contributed by atoms with Gasteiger partial charge in [0.15, 0.2) is 0 Å². The number of carbonyl (C=O) groups excluding carboxylic acids is 1. The quantitative estimate of drug-likeness (QED) is 0.390. The largest absolute Gasteiger partial charge is 0.489 e. The summed E-state index contributed by atoms with van der Waals surface area (Å²) in [5.41, 5.74) is 3.58. The maximum atomic E-state index is 12.3. The Morgan fingerprint density at radius 2 is 1.91 bits per heavy atom. The first kappa shape index (κ1) is 25.2.